The summed E-state index contributed by atoms with van der Waals surface area (Å²) in [5.74, 6) is 0.141. The Kier molecular flexibility index (Phi) is 5.14. The highest BCUT2D eigenvalue weighted by Crippen LogP contribution is 2.20. The van der Waals surface area contributed by atoms with Crippen molar-refractivity contribution >= 4 is 0 Å². The Labute approximate surface area is 93.2 Å². The van der Waals surface area contributed by atoms with Gasteiger partial charge in [-0.3, -0.25) is 0 Å². The zero-order valence-corrected chi connectivity index (χ0v) is 9.03. The van der Waals surface area contributed by atoms with Gasteiger partial charge in [-0.15, -0.1) is 0 Å². The summed E-state index contributed by atoms with van der Waals surface area (Å²) >= 11 is 0. The van der Waals surface area contributed by atoms with Crippen molar-refractivity contribution in [2.75, 3.05) is 6.61 Å². The zero-order chi connectivity index (χ0) is 12.0. The predicted molar refractivity (Wildman–Crippen MR) is 56.4 cm³/mol. The van der Waals surface area contributed by atoms with Gasteiger partial charge in [0.2, 0.25) is 0 Å². The number of para-hydroxylation sites is 1. The van der Waals surface area contributed by atoms with Crippen molar-refractivity contribution in [2.24, 2.45) is 5.73 Å². The van der Waals surface area contributed by atoms with Crippen molar-refractivity contribution in [3.63, 3.8) is 0 Å². The van der Waals surface area contributed by atoms with Crippen LogP contribution in [0.4, 0.5) is 8.78 Å². The fourth-order valence-corrected chi connectivity index (χ4v) is 1.19. The average molecular weight is 231 g/mol. The summed E-state index contributed by atoms with van der Waals surface area (Å²) in [6, 6.07) is 6.45. The molecular weight excluding hydrogens is 216 g/mol. The van der Waals surface area contributed by atoms with Crippen LogP contribution in [0.15, 0.2) is 24.3 Å². The number of halogens is 2. The Morgan fingerprint density at radius 1 is 1.31 bits per heavy atom. The number of hydrogen-bond acceptors (Lipinski definition) is 3. The second-order valence-corrected chi connectivity index (χ2v) is 3.48. The van der Waals surface area contributed by atoms with E-state index in [1.807, 2.05) is 6.92 Å². The standard InChI is InChI=1S/C11H15F2NO2/c1-8(14)6-15-7-9-4-2-3-5-10(9)16-11(12)13/h2-5,8,11H,6-7,14H2,1H3/t8-/m1/s1. The summed E-state index contributed by atoms with van der Waals surface area (Å²) in [4.78, 5) is 0. The Morgan fingerprint density at radius 3 is 2.62 bits per heavy atom. The van der Waals surface area contributed by atoms with E-state index in [1.54, 1.807) is 18.2 Å². The van der Waals surface area contributed by atoms with Gasteiger partial charge in [0.05, 0.1) is 13.2 Å². The van der Waals surface area contributed by atoms with Crippen LogP contribution >= 0.6 is 0 Å². The van der Waals surface area contributed by atoms with Crippen LogP contribution in [0.3, 0.4) is 0 Å². The molecule has 0 radical (unpaired) electrons. The van der Waals surface area contributed by atoms with Crippen molar-refractivity contribution in [2.45, 2.75) is 26.2 Å². The highest BCUT2D eigenvalue weighted by atomic mass is 19.3. The second kappa shape index (κ2) is 6.40. The lowest BCUT2D eigenvalue weighted by Gasteiger charge is -2.11. The number of nitrogens with two attached hydrogens (primary N) is 1. The van der Waals surface area contributed by atoms with Gasteiger partial charge in [-0.2, -0.15) is 8.78 Å². The highest BCUT2D eigenvalue weighted by molar-refractivity contribution is 5.32. The third kappa shape index (κ3) is 4.55. The smallest absolute Gasteiger partial charge is 0.387 e. The molecule has 0 saturated heterocycles. The van der Waals surface area contributed by atoms with E-state index < -0.39 is 6.61 Å². The van der Waals surface area contributed by atoms with E-state index in [4.69, 9.17) is 10.5 Å². The first-order chi connectivity index (χ1) is 7.59. The van der Waals surface area contributed by atoms with E-state index >= 15 is 0 Å². The summed E-state index contributed by atoms with van der Waals surface area (Å²) in [7, 11) is 0. The van der Waals surface area contributed by atoms with E-state index in [2.05, 4.69) is 4.74 Å². The van der Waals surface area contributed by atoms with E-state index in [-0.39, 0.29) is 18.4 Å². The first kappa shape index (κ1) is 12.9. The largest absolute Gasteiger partial charge is 0.434 e. The fourth-order valence-electron chi connectivity index (χ4n) is 1.19. The van der Waals surface area contributed by atoms with Crippen LogP contribution < -0.4 is 10.5 Å². The molecule has 0 unspecified atom stereocenters. The maximum Gasteiger partial charge on any atom is 0.387 e. The number of hydrogen-bond donors (Lipinski definition) is 1. The first-order valence-electron chi connectivity index (χ1n) is 4.95. The van der Waals surface area contributed by atoms with Gasteiger partial charge in [0.1, 0.15) is 5.75 Å². The molecule has 0 heterocycles. The molecule has 3 nitrogen and oxygen atoms in total. The molecule has 1 rings (SSSR count). The minimum Gasteiger partial charge on any atom is -0.434 e. The Hall–Kier alpha value is -1.20. The van der Waals surface area contributed by atoms with E-state index in [1.165, 1.54) is 6.07 Å². The maximum atomic E-state index is 12.1. The van der Waals surface area contributed by atoms with Crippen LogP contribution in [0.2, 0.25) is 0 Å². The lowest BCUT2D eigenvalue weighted by molar-refractivity contribution is -0.0514. The summed E-state index contributed by atoms with van der Waals surface area (Å²) in [5, 5.41) is 0. The topological polar surface area (TPSA) is 44.5 Å². The van der Waals surface area contributed by atoms with Gasteiger partial charge in [-0.1, -0.05) is 18.2 Å². The van der Waals surface area contributed by atoms with Crippen molar-refractivity contribution in [1.29, 1.82) is 0 Å². The normalized spacial score (nSPS) is 12.8. The van der Waals surface area contributed by atoms with E-state index in [0.29, 0.717) is 12.2 Å². The second-order valence-electron chi connectivity index (χ2n) is 3.48. The van der Waals surface area contributed by atoms with Gasteiger partial charge in [-0.05, 0) is 13.0 Å². The SMILES string of the molecule is C[C@@H](N)COCc1ccccc1OC(F)F. The third-order valence-corrected chi connectivity index (χ3v) is 1.83. The molecule has 90 valence electrons. The molecule has 0 aromatic heterocycles. The maximum absolute atomic E-state index is 12.1. The average Bonchev–Trinajstić information content (AvgIpc) is 2.19. The van der Waals surface area contributed by atoms with Gasteiger partial charge in [0, 0.05) is 11.6 Å². The molecule has 0 aliphatic heterocycles. The van der Waals surface area contributed by atoms with Gasteiger partial charge in [-0.25, -0.2) is 0 Å². The van der Waals surface area contributed by atoms with Crippen LogP contribution in [0.1, 0.15) is 12.5 Å². The molecule has 0 saturated carbocycles. The van der Waals surface area contributed by atoms with Crippen LogP contribution in [-0.4, -0.2) is 19.3 Å². The summed E-state index contributed by atoms with van der Waals surface area (Å²) < 4.78 is 33.7. The van der Waals surface area contributed by atoms with E-state index in [0.717, 1.165) is 0 Å². The Morgan fingerprint density at radius 2 is 2.00 bits per heavy atom. The van der Waals surface area contributed by atoms with Gasteiger partial charge in [0.15, 0.2) is 0 Å². The quantitative estimate of drug-likeness (QED) is 0.815. The molecule has 5 heteroatoms. The molecular formula is C11H15F2NO2. The minimum absolute atomic E-state index is 0.0804. The van der Waals surface area contributed by atoms with Crippen LogP contribution in [-0.2, 0) is 11.3 Å². The molecule has 2 N–H and O–H groups in total. The van der Waals surface area contributed by atoms with Crippen LogP contribution in [0.25, 0.3) is 0 Å². The first-order valence-corrected chi connectivity index (χ1v) is 4.95. The van der Waals surface area contributed by atoms with Gasteiger partial charge < -0.3 is 15.2 Å². The van der Waals surface area contributed by atoms with Crippen LogP contribution in [0, 0.1) is 0 Å². The van der Waals surface area contributed by atoms with Gasteiger partial charge >= 0.3 is 6.61 Å². The minimum atomic E-state index is -2.82. The predicted octanol–water partition coefficient (Wildman–Crippen LogP) is 2.15. The molecule has 1 aromatic rings. The number of ether oxygens (including phenoxy) is 2. The van der Waals surface area contributed by atoms with Crippen molar-refractivity contribution < 1.29 is 18.3 Å². The molecule has 0 aliphatic carbocycles. The molecule has 1 aromatic carbocycles. The molecule has 0 fully saturated rings. The lowest BCUT2D eigenvalue weighted by atomic mass is 10.2. The van der Waals surface area contributed by atoms with E-state index in [9.17, 15) is 8.78 Å². The third-order valence-electron chi connectivity index (χ3n) is 1.83. The lowest BCUT2D eigenvalue weighted by Crippen LogP contribution is -2.21. The number of rotatable bonds is 6. The summed E-state index contributed by atoms with van der Waals surface area (Å²) in [5.41, 5.74) is 6.09. The number of alkyl halides is 2. The molecule has 16 heavy (non-hydrogen) atoms. The summed E-state index contributed by atoms with van der Waals surface area (Å²) in [6.07, 6.45) is 0. The highest BCUT2D eigenvalue weighted by Gasteiger charge is 2.09. The van der Waals surface area contributed by atoms with Crippen LogP contribution in [0.5, 0.6) is 5.75 Å². The zero-order valence-electron chi connectivity index (χ0n) is 9.03. The number of benzene rings is 1. The molecule has 0 spiro atoms. The summed E-state index contributed by atoms with van der Waals surface area (Å²) in [6.45, 7) is -0.427. The molecule has 0 bridgehead atoms. The fraction of sp³-hybridized carbons (Fsp3) is 0.455. The monoisotopic (exact) mass is 231 g/mol. The Balaban J connectivity index is 2.56. The molecule has 1 atom stereocenters. The van der Waals surface area contributed by atoms with Gasteiger partial charge in [0.25, 0.3) is 0 Å². The van der Waals surface area contributed by atoms with Crippen molar-refractivity contribution in [1.82, 2.24) is 0 Å². The van der Waals surface area contributed by atoms with Crippen molar-refractivity contribution in [3.8, 4) is 5.75 Å². The molecule has 0 aliphatic rings. The Bertz CT molecular complexity index is 319. The van der Waals surface area contributed by atoms with Crippen molar-refractivity contribution in [3.05, 3.63) is 29.8 Å². The molecule has 0 amide bonds.